The van der Waals surface area contributed by atoms with Gasteiger partial charge in [-0.15, -0.1) is 0 Å². The number of hydrogen-bond acceptors (Lipinski definition) is 3. The third-order valence-electron chi connectivity index (χ3n) is 3.26. The minimum Gasteiger partial charge on any atom is -0.378 e. The molecule has 0 saturated carbocycles. The molecule has 7 heteroatoms. The number of amides is 2. The summed E-state index contributed by atoms with van der Waals surface area (Å²) in [6.45, 7) is -0.0373. The van der Waals surface area contributed by atoms with Gasteiger partial charge in [0.1, 0.15) is 17.2 Å². The SMILES string of the molecule is O=C(NCCNC(=O)C(O)c1ccccc1)c1c(F)cccc1F. The van der Waals surface area contributed by atoms with Gasteiger partial charge in [-0.05, 0) is 17.7 Å². The van der Waals surface area contributed by atoms with Crippen molar-refractivity contribution in [1.82, 2.24) is 10.6 Å². The van der Waals surface area contributed by atoms with E-state index >= 15 is 0 Å². The Morgan fingerprint density at radius 1 is 0.917 bits per heavy atom. The molecule has 24 heavy (non-hydrogen) atoms. The van der Waals surface area contributed by atoms with Crippen LogP contribution in [0.5, 0.6) is 0 Å². The van der Waals surface area contributed by atoms with E-state index in [0.29, 0.717) is 5.56 Å². The second kappa shape index (κ2) is 8.16. The maximum absolute atomic E-state index is 13.4. The summed E-state index contributed by atoms with van der Waals surface area (Å²) in [4.78, 5) is 23.5. The molecular formula is C17H16F2N2O3. The van der Waals surface area contributed by atoms with Gasteiger partial charge in [0.2, 0.25) is 0 Å². The molecular weight excluding hydrogens is 318 g/mol. The zero-order valence-electron chi connectivity index (χ0n) is 12.6. The molecule has 2 aromatic rings. The van der Waals surface area contributed by atoms with Gasteiger partial charge in [-0.1, -0.05) is 36.4 Å². The topological polar surface area (TPSA) is 78.4 Å². The standard InChI is InChI=1S/C17H16F2N2O3/c18-12-7-4-8-13(19)14(12)16(23)20-9-10-21-17(24)15(22)11-5-2-1-3-6-11/h1-8,15,22H,9-10H2,(H,20,23)(H,21,24). The number of aliphatic hydroxyl groups excluding tert-OH is 1. The lowest BCUT2D eigenvalue weighted by atomic mass is 10.1. The molecule has 2 rings (SSSR count). The number of nitrogens with one attached hydrogen (secondary N) is 2. The van der Waals surface area contributed by atoms with Crippen molar-refractivity contribution < 1.29 is 23.5 Å². The molecule has 0 radical (unpaired) electrons. The number of hydrogen-bond donors (Lipinski definition) is 3. The molecule has 0 aliphatic carbocycles. The molecule has 2 aromatic carbocycles. The number of aliphatic hydroxyl groups is 1. The third-order valence-corrected chi connectivity index (χ3v) is 3.26. The average molecular weight is 334 g/mol. The van der Waals surface area contributed by atoms with Crippen molar-refractivity contribution >= 4 is 11.8 Å². The Kier molecular flexibility index (Phi) is 5.97. The summed E-state index contributed by atoms with van der Waals surface area (Å²) in [7, 11) is 0. The Morgan fingerprint density at radius 2 is 1.50 bits per heavy atom. The largest absolute Gasteiger partial charge is 0.378 e. The molecule has 0 fully saturated rings. The fraction of sp³-hybridized carbons (Fsp3) is 0.176. The first kappa shape index (κ1) is 17.6. The first-order valence-electron chi connectivity index (χ1n) is 7.23. The second-order valence-electron chi connectivity index (χ2n) is 4.96. The predicted octanol–water partition coefficient (Wildman–Crippen LogP) is 1.54. The fourth-order valence-corrected chi connectivity index (χ4v) is 2.05. The van der Waals surface area contributed by atoms with E-state index in [1.807, 2.05) is 0 Å². The Hall–Kier alpha value is -2.80. The van der Waals surface area contributed by atoms with E-state index in [2.05, 4.69) is 10.6 Å². The average Bonchev–Trinajstić information content (AvgIpc) is 2.58. The van der Waals surface area contributed by atoms with Gasteiger partial charge in [-0.3, -0.25) is 9.59 Å². The highest BCUT2D eigenvalue weighted by atomic mass is 19.1. The van der Waals surface area contributed by atoms with Gasteiger partial charge >= 0.3 is 0 Å². The lowest BCUT2D eigenvalue weighted by Crippen LogP contribution is -2.37. The van der Waals surface area contributed by atoms with Crippen molar-refractivity contribution in [1.29, 1.82) is 0 Å². The summed E-state index contributed by atoms with van der Waals surface area (Å²) in [5, 5.41) is 14.6. The minimum absolute atomic E-state index is 0.00450. The summed E-state index contributed by atoms with van der Waals surface area (Å²) in [5.41, 5.74) is -0.236. The van der Waals surface area contributed by atoms with Crippen LogP contribution in [0.25, 0.3) is 0 Å². The van der Waals surface area contributed by atoms with E-state index in [4.69, 9.17) is 0 Å². The summed E-state index contributed by atoms with van der Waals surface area (Å²) in [6, 6.07) is 11.5. The molecule has 0 saturated heterocycles. The molecule has 0 heterocycles. The Morgan fingerprint density at radius 3 is 2.12 bits per heavy atom. The Balaban J connectivity index is 1.80. The summed E-state index contributed by atoms with van der Waals surface area (Å²) >= 11 is 0. The molecule has 1 atom stereocenters. The number of benzene rings is 2. The molecule has 5 nitrogen and oxygen atoms in total. The lowest BCUT2D eigenvalue weighted by molar-refractivity contribution is -0.129. The number of halogens is 2. The first-order chi connectivity index (χ1) is 11.5. The first-order valence-corrected chi connectivity index (χ1v) is 7.23. The Labute approximate surface area is 137 Å². The van der Waals surface area contributed by atoms with E-state index in [-0.39, 0.29) is 13.1 Å². The van der Waals surface area contributed by atoms with Crippen molar-refractivity contribution in [2.45, 2.75) is 6.10 Å². The highest BCUT2D eigenvalue weighted by molar-refractivity contribution is 5.94. The maximum Gasteiger partial charge on any atom is 0.257 e. The molecule has 0 bridgehead atoms. The molecule has 2 amide bonds. The van der Waals surface area contributed by atoms with Gasteiger partial charge in [0, 0.05) is 13.1 Å². The van der Waals surface area contributed by atoms with Crippen LogP contribution >= 0.6 is 0 Å². The van der Waals surface area contributed by atoms with E-state index in [9.17, 15) is 23.5 Å². The van der Waals surface area contributed by atoms with E-state index < -0.39 is 35.1 Å². The fourth-order valence-electron chi connectivity index (χ4n) is 2.05. The normalized spacial score (nSPS) is 11.6. The highest BCUT2D eigenvalue weighted by Gasteiger charge is 2.18. The van der Waals surface area contributed by atoms with Crippen LogP contribution in [0, 0.1) is 11.6 Å². The van der Waals surface area contributed by atoms with Gasteiger partial charge in [0.05, 0.1) is 0 Å². The van der Waals surface area contributed by atoms with Crippen molar-refractivity contribution in [2.75, 3.05) is 13.1 Å². The maximum atomic E-state index is 13.4. The molecule has 0 aromatic heterocycles. The third kappa shape index (κ3) is 4.36. The van der Waals surface area contributed by atoms with Crippen molar-refractivity contribution in [3.8, 4) is 0 Å². The van der Waals surface area contributed by atoms with Gasteiger partial charge < -0.3 is 15.7 Å². The van der Waals surface area contributed by atoms with Crippen molar-refractivity contribution in [2.24, 2.45) is 0 Å². The van der Waals surface area contributed by atoms with E-state index in [0.717, 1.165) is 18.2 Å². The monoisotopic (exact) mass is 334 g/mol. The number of carbonyl (C=O) groups is 2. The van der Waals surface area contributed by atoms with Gasteiger partial charge in [-0.2, -0.15) is 0 Å². The molecule has 126 valence electrons. The van der Waals surface area contributed by atoms with Crippen LogP contribution in [-0.4, -0.2) is 30.0 Å². The quantitative estimate of drug-likeness (QED) is 0.701. The van der Waals surface area contributed by atoms with Crippen LogP contribution in [0.3, 0.4) is 0 Å². The minimum atomic E-state index is -1.33. The second-order valence-corrected chi connectivity index (χ2v) is 4.96. The lowest BCUT2D eigenvalue weighted by Gasteiger charge is -2.12. The van der Waals surface area contributed by atoms with Gasteiger partial charge in [0.15, 0.2) is 6.10 Å². The van der Waals surface area contributed by atoms with Crippen LogP contribution in [0.1, 0.15) is 22.0 Å². The van der Waals surface area contributed by atoms with Crippen LogP contribution in [0.2, 0.25) is 0 Å². The van der Waals surface area contributed by atoms with Crippen molar-refractivity contribution in [3.05, 3.63) is 71.3 Å². The van der Waals surface area contributed by atoms with Crippen LogP contribution < -0.4 is 10.6 Å². The van der Waals surface area contributed by atoms with Crippen LogP contribution in [0.15, 0.2) is 48.5 Å². The van der Waals surface area contributed by atoms with E-state index in [1.54, 1.807) is 30.3 Å². The van der Waals surface area contributed by atoms with Gasteiger partial charge in [-0.25, -0.2) is 8.78 Å². The Bertz CT molecular complexity index is 703. The molecule has 1 unspecified atom stereocenters. The summed E-state index contributed by atoms with van der Waals surface area (Å²) in [5.74, 6) is -3.47. The zero-order chi connectivity index (χ0) is 17.5. The molecule has 0 aliphatic heterocycles. The molecule has 0 aliphatic rings. The summed E-state index contributed by atoms with van der Waals surface area (Å²) < 4.78 is 26.9. The van der Waals surface area contributed by atoms with E-state index in [1.165, 1.54) is 0 Å². The number of rotatable bonds is 6. The molecule has 3 N–H and O–H groups in total. The zero-order valence-corrected chi connectivity index (χ0v) is 12.6. The molecule has 0 spiro atoms. The van der Waals surface area contributed by atoms with Crippen LogP contribution in [0.4, 0.5) is 8.78 Å². The highest BCUT2D eigenvalue weighted by Crippen LogP contribution is 2.12. The smallest absolute Gasteiger partial charge is 0.257 e. The number of carbonyl (C=O) groups excluding carboxylic acids is 2. The van der Waals surface area contributed by atoms with Crippen LogP contribution in [-0.2, 0) is 4.79 Å². The van der Waals surface area contributed by atoms with Crippen molar-refractivity contribution in [3.63, 3.8) is 0 Å². The summed E-state index contributed by atoms with van der Waals surface area (Å²) in [6.07, 6.45) is -1.33. The predicted molar refractivity (Wildman–Crippen MR) is 83.1 cm³/mol. The van der Waals surface area contributed by atoms with Gasteiger partial charge in [0.25, 0.3) is 11.8 Å².